The van der Waals surface area contributed by atoms with Gasteiger partial charge in [-0.15, -0.1) is 0 Å². The van der Waals surface area contributed by atoms with Crippen LogP contribution in [0.1, 0.15) is 46.6 Å². The van der Waals surface area contributed by atoms with Crippen LogP contribution in [0.15, 0.2) is 29.1 Å². The third kappa shape index (κ3) is 3.34. The predicted octanol–water partition coefficient (Wildman–Crippen LogP) is 4.35. The normalized spacial score (nSPS) is 12.1. The molecule has 0 spiro atoms. The molecular weight excluding hydrogens is 274 g/mol. The molecule has 120 valence electrons. The molecule has 0 aliphatic heterocycles. The summed E-state index contributed by atoms with van der Waals surface area (Å²) in [4.78, 5) is 13.0. The Morgan fingerprint density at radius 3 is 2.41 bits per heavy atom. The fourth-order valence-corrected chi connectivity index (χ4v) is 2.62. The van der Waals surface area contributed by atoms with Gasteiger partial charge in [0.1, 0.15) is 5.75 Å². The minimum absolute atomic E-state index is 0.119. The maximum absolute atomic E-state index is 13.0. The Labute approximate surface area is 132 Å². The third-order valence-electron chi connectivity index (χ3n) is 4.04. The van der Waals surface area contributed by atoms with Gasteiger partial charge in [0.05, 0.1) is 12.6 Å². The summed E-state index contributed by atoms with van der Waals surface area (Å²) in [6.07, 6.45) is 0.986. The van der Waals surface area contributed by atoms with Gasteiger partial charge in [-0.05, 0) is 41.3 Å². The first-order valence-electron chi connectivity index (χ1n) is 7.96. The Bertz CT molecular complexity index is 721. The molecule has 0 unspecified atom stereocenters. The second-order valence-electron chi connectivity index (χ2n) is 7.37. The molecule has 0 amide bonds. The van der Waals surface area contributed by atoms with E-state index in [9.17, 15) is 4.79 Å². The van der Waals surface area contributed by atoms with E-state index in [4.69, 9.17) is 4.74 Å². The first-order valence-corrected chi connectivity index (χ1v) is 7.96. The van der Waals surface area contributed by atoms with Crippen molar-refractivity contribution in [1.29, 1.82) is 0 Å². The molecule has 1 aromatic carbocycles. The summed E-state index contributed by atoms with van der Waals surface area (Å²) in [5, 5.41) is 1.09. The summed E-state index contributed by atoms with van der Waals surface area (Å²) in [6, 6.07) is 7.98. The van der Waals surface area contributed by atoms with Gasteiger partial charge in [0, 0.05) is 18.2 Å². The van der Waals surface area contributed by atoms with E-state index < -0.39 is 0 Å². The molecule has 0 bridgehead atoms. The van der Waals surface area contributed by atoms with E-state index in [1.165, 1.54) is 0 Å². The van der Waals surface area contributed by atoms with Crippen LogP contribution in [-0.4, -0.2) is 11.7 Å². The topological polar surface area (TPSA) is 31.2 Å². The van der Waals surface area contributed by atoms with Gasteiger partial charge in [-0.2, -0.15) is 0 Å². The lowest BCUT2D eigenvalue weighted by Crippen LogP contribution is -2.31. The Kier molecular flexibility index (Phi) is 4.64. The SMILES string of the molecule is COc1ccc2cc(C(C)(C)C)c(=O)n(CCC(C)C)c2c1. The van der Waals surface area contributed by atoms with Crippen molar-refractivity contribution in [3.05, 3.63) is 40.2 Å². The highest BCUT2D eigenvalue weighted by atomic mass is 16.5. The van der Waals surface area contributed by atoms with Crippen LogP contribution in [0.3, 0.4) is 0 Å². The van der Waals surface area contributed by atoms with E-state index in [0.29, 0.717) is 5.92 Å². The Morgan fingerprint density at radius 2 is 1.86 bits per heavy atom. The highest BCUT2D eigenvalue weighted by Gasteiger charge is 2.21. The van der Waals surface area contributed by atoms with Gasteiger partial charge in [-0.1, -0.05) is 34.6 Å². The van der Waals surface area contributed by atoms with Crippen molar-refractivity contribution in [2.45, 2.75) is 53.0 Å². The van der Waals surface area contributed by atoms with Gasteiger partial charge in [-0.3, -0.25) is 4.79 Å². The van der Waals surface area contributed by atoms with Crippen molar-refractivity contribution < 1.29 is 4.74 Å². The molecule has 2 rings (SSSR count). The summed E-state index contributed by atoms with van der Waals surface area (Å²) in [6.45, 7) is 11.4. The molecule has 3 nitrogen and oxygen atoms in total. The number of hydrogen-bond donors (Lipinski definition) is 0. The van der Waals surface area contributed by atoms with Crippen molar-refractivity contribution in [2.24, 2.45) is 5.92 Å². The standard InChI is InChI=1S/C19H27NO2/c1-13(2)9-10-20-17-12-15(22-6)8-7-14(17)11-16(18(20)21)19(3,4)5/h7-8,11-13H,9-10H2,1-6H3. The zero-order valence-electron chi connectivity index (χ0n) is 14.6. The number of aromatic nitrogens is 1. The average molecular weight is 301 g/mol. The smallest absolute Gasteiger partial charge is 0.254 e. The van der Waals surface area contributed by atoms with Crippen LogP contribution >= 0.6 is 0 Å². The highest BCUT2D eigenvalue weighted by Crippen LogP contribution is 2.26. The molecular formula is C19H27NO2. The van der Waals surface area contributed by atoms with Gasteiger partial charge >= 0.3 is 0 Å². The summed E-state index contributed by atoms with van der Waals surface area (Å²) >= 11 is 0. The second kappa shape index (κ2) is 6.15. The van der Waals surface area contributed by atoms with E-state index in [2.05, 4.69) is 34.6 Å². The highest BCUT2D eigenvalue weighted by molar-refractivity contribution is 5.81. The van der Waals surface area contributed by atoms with Gasteiger partial charge in [0.2, 0.25) is 0 Å². The number of fused-ring (bicyclic) bond motifs is 1. The molecule has 2 aromatic rings. The van der Waals surface area contributed by atoms with Gasteiger partial charge in [-0.25, -0.2) is 0 Å². The number of pyridine rings is 1. The Balaban J connectivity index is 2.73. The zero-order valence-corrected chi connectivity index (χ0v) is 14.6. The average Bonchev–Trinajstić information content (AvgIpc) is 2.43. The van der Waals surface area contributed by atoms with E-state index in [1.54, 1.807) is 7.11 Å². The molecule has 3 heteroatoms. The summed E-state index contributed by atoms with van der Waals surface area (Å²) < 4.78 is 7.24. The molecule has 0 radical (unpaired) electrons. The molecule has 22 heavy (non-hydrogen) atoms. The fraction of sp³-hybridized carbons (Fsp3) is 0.526. The zero-order chi connectivity index (χ0) is 16.5. The van der Waals surface area contributed by atoms with Crippen LogP contribution in [0.5, 0.6) is 5.75 Å². The molecule has 0 aliphatic rings. The predicted molar refractivity (Wildman–Crippen MR) is 92.9 cm³/mol. The summed E-state index contributed by atoms with van der Waals surface area (Å²) in [7, 11) is 1.65. The Hall–Kier alpha value is -1.77. The fourth-order valence-electron chi connectivity index (χ4n) is 2.62. The van der Waals surface area contributed by atoms with Gasteiger partial charge < -0.3 is 9.30 Å². The second-order valence-corrected chi connectivity index (χ2v) is 7.37. The molecule has 0 fully saturated rings. The first kappa shape index (κ1) is 16.6. The van der Waals surface area contributed by atoms with Crippen molar-refractivity contribution in [2.75, 3.05) is 7.11 Å². The Morgan fingerprint density at radius 1 is 1.18 bits per heavy atom. The summed E-state index contributed by atoms with van der Waals surface area (Å²) in [5.74, 6) is 1.35. The monoisotopic (exact) mass is 301 g/mol. The minimum Gasteiger partial charge on any atom is -0.497 e. The van der Waals surface area contributed by atoms with Crippen LogP contribution in [0.25, 0.3) is 10.9 Å². The van der Waals surface area contributed by atoms with Crippen molar-refractivity contribution in [3.63, 3.8) is 0 Å². The van der Waals surface area contributed by atoms with Crippen molar-refractivity contribution >= 4 is 10.9 Å². The molecule has 0 saturated heterocycles. The molecule has 1 heterocycles. The first-order chi connectivity index (χ1) is 10.2. The van der Waals surface area contributed by atoms with Crippen molar-refractivity contribution in [1.82, 2.24) is 4.57 Å². The van der Waals surface area contributed by atoms with E-state index >= 15 is 0 Å². The lowest BCUT2D eigenvalue weighted by Gasteiger charge is -2.22. The number of aryl methyl sites for hydroxylation is 1. The molecule has 1 aromatic heterocycles. The third-order valence-corrected chi connectivity index (χ3v) is 4.04. The molecule has 0 saturated carbocycles. The van der Waals surface area contributed by atoms with Crippen LogP contribution in [0.2, 0.25) is 0 Å². The summed E-state index contributed by atoms with van der Waals surface area (Å²) in [5.41, 5.74) is 1.78. The van der Waals surface area contributed by atoms with E-state index in [1.807, 2.05) is 28.8 Å². The number of rotatable bonds is 4. The van der Waals surface area contributed by atoms with Crippen molar-refractivity contribution in [3.8, 4) is 5.75 Å². The van der Waals surface area contributed by atoms with E-state index in [-0.39, 0.29) is 11.0 Å². The molecule has 0 aliphatic carbocycles. The lowest BCUT2D eigenvalue weighted by atomic mass is 9.87. The van der Waals surface area contributed by atoms with Crippen LogP contribution < -0.4 is 10.3 Å². The number of ether oxygens (including phenoxy) is 1. The lowest BCUT2D eigenvalue weighted by molar-refractivity contribution is 0.415. The number of methoxy groups -OCH3 is 1. The maximum atomic E-state index is 13.0. The van der Waals surface area contributed by atoms with Crippen LogP contribution in [0, 0.1) is 5.92 Å². The number of hydrogen-bond acceptors (Lipinski definition) is 2. The molecule has 0 atom stereocenters. The quantitative estimate of drug-likeness (QED) is 0.840. The number of benzene rings is 1. The minimum atomic E-state index is -0.162. The van der Waals surface area contributed by atoms with Crippen LogP contribution in [0.4, 0.5) is 0 Å². The van der Waals surface area contributed by atoms with Gasteiger partial charge in [0.25, 0.3) is 5.56 Å². The maximum Gasteiger partial charge on any atom is 0.254 e. The van der Waals surface area contributed by atoms with Crippen LogP contribution in [-0.2, 0) is 12.0 Å². The largest absolute Gasteiger partial charge is 0.497 e. The van der Waals surface area contributed by atoms with Gasteiger partial charge in [0.15, 0.2) is 0 Å². The number of nitrogens with zero attached hydrogens (tertiary/aromatic N) is 1. The van der Waals surface area contributed by atoms with E-state index in [0.717, 1.165) is 35.2 Å². The molecule has 0 N–H and O–H groups in total.